The van der Waals surface area contributed by atoms with Gasteiger partial charge in [0.05, 0.1) is 13.2 Å². The number of hydrogen-bond donors (Lipinski definition) is 2. The van der Waals surface area contributed by atoms with Crippen LogP contribution in [0.3, 0.4) is 0 Å². The highest BCUT2D eigenvalue weighted by atomic mass is 16.5. The van der Waals surface area contributed by atoms with Crippen LogP contribution in [0.4, 0.5) is 0 Å². The normalized spacial score (nSPS) is 17.8. The van der Waals surface area contributed by atoms with Gasteiger partial charge in [0.25, 0.3) is 0 Å². The van der Waals surface area contributed by atoms with E-state index in [1.54, 1.807) is 0 Å². The molecule has 0 aromatic heterocycles. The second kappa shape index (κ2) is 6.89. The summed E-state index contributed by atoms with van der Waals surface area (Å²) >= 11 is 0. The maximum atomic E-state index is 10.1. The van der Waals surface area contributed by atoms with Gasteiger partial charge in [-0.3, -0.25) is 0 Å². The Labute approximate surface area is 124 Å². The van der Waals surface area contributed by atoms with Gasteiger partial charge in [-0.25, -0.2) is 0 Å². The number of nitrogens with one attached hydrogen (secondary N) is 1. The lowest BCUT2D eigenvalue weighted by molar-refractivity contribution is -0.911. The Hall–Kier alpha value is -1.62. The first-order valence-corrected chi connectivity index (χ1v) is 7.53. The van der Waals surface area contributed by atoms with E-state index in [4.69, 9.17) is 9.47 Å². The molecule has 3 rings (SSSR count). The molecule has 0 spiro atoms. The maximum Gasteiger partial charge on any atom is 0.137 e. The predicted molar refractivity (Wildman–Crippen MR) is 81.8 cm³/mol. The van der Waals surface area contributed by atoms with Crippen molar-refractivity contribution in [3.05, 3.63) is 42.5 Å². The number of aliphatic hydroxyl groups excluding tert-OH is 1. The van der Waals surface area contributed by atoms with Gasteiger partial charge in [-0.1, -0.05) is 36.4 Å². The molecule has 1 saturated heterocycles. The summed E-state index contributed by atoms with van der Waals surface area (Å²) in [6, 6.07) is 14.1. The van der Waals surface area contributed by atoms with Crippen LogP contribution >= 0.6 is 0 Å². The van der Waals surface area contributed by atoms with Crippen molar-refractivity contribution in [1.82, 2.24) is 0 Å². The largest absolute Gasteiger partial charge is 0.490 e. The quantitative estimate of drug-likeness (QED) is 0.842. The van der Waals surface area contributed by atoms with Crippen molar-refractivity contribution in [2.24, 2.45) is 0 Å². The van der Waals surface area contributed by atoms with Crippen LogP contribution in [0.1, 0.15) is 0 Å². The summed E-state index contributed by atoms with van der Waals surface area (Å²) in [7, 11) is 0. The van der Waals surface area contributed by atoms with Crippen LogP contribution in [0.25, 0.3) is 10.8 Å². The first-order chi connectivity index (χ1) is 10.3. The van der Waals surface area contributed by atoms with E-state index in [1.807, 2.05) is 30.3 Å². The fourth-order valence-corrected chi connectivity index (χ4v) is 2.76. The standard InChI is InChI=1S/C17H21NO3/c19-15(12-18-8-10-20-11-9-18)13-21-17-7-3-5-14-4-1-2-6-16(14)17/h1-7,15,19H,8-13H2/p+1/t15-/m1/s1. The molecule has 0 amide bonds. The van der Waals surface area contributed by atoms with Crippen LogP contribution in [0.15, 0.2) is 42.5 Å². The van der Waals surface area contributed by atoms with Gasteiger partial charge in [0.15, 0.2) is 0 Å². The molecule has 1 heterocycles. The zero-order chi connectivity index (χ0) is 14.5. The third kappa shape index (κ3) is 3.73. The zero-order valence-electron chi connectivity index (χ0n) is 12.1. The minimum atomic E-state index is -0.447. The van der Waals surface area contributed by atoms with Crippen molar-refractivity contribution in [3.8, 4) is 5.75 Å². The van der Waals surface area contributed by atoms with Crippen LogP contribution in [0.2, 0.25) is 0 Å². The lowest BCUT2D eigenvalue weighted by Gasteiger charge is -2.25. The molecule has 2 aromatic rings. The summed E-state index contributed by atoms with van der Waals surface area (Å²) < 4.78 is 11.2. The fourth-order valence-electron chi connectivity index (χ4n) is 2.76. The molecule has 1 atom stereocenters. The molecule has 0 aliphatic carbocycles. The summed E-state index contributed by atoms with van der Waals surface area (Å²) in [6.07, 6.45) is -0.447. The number of hydrogen-bond acceptors (Lipinski definition) is 3. The Bertz CT molecular complexity index is 576. The lowest BCUT2D eigenvalue weighted by Crippen LogP contribution is -3.15. The third-order valence-corrected chi connectivity index (χ3v) is 3.91. The van der Waals surface area contributed by atoms with E-state index in [1.165, 1.54) is 4.90 Å². The van der Waals surface area contributed by atoms with Gasteiger partial charge in [0.2, 0.25) is 0 Å². The van der Waals surface area contributed by atoms with Crippen molar-refractivity contribution in [2.75, 3.05) is 39.5 Å². The number of aliphatic hydroxyl groups is 1. The molecule has 4 nitrogen and oxygen atoms in total. The van der Waals surface area contributed by atoms with Gasteiger partial charge < -0.3 is 19.5 Å². The van der Waals surface area contributed by atoms with Gasteiger partial charge in [0, 0.05) is 5.39 Å². The van der Waals surface area contributed by atoms with E-state index in [0.29, 0.717) is 13.2 Å². The van der Waals surface area contributed by atoms with Gasteiger partial charge >= 0.3 is 0 Å². The Kier molecular flexibility index (Phi) is 4.70. The topological polar surface area (TPSA) is 43.1 Å². The molecule has 0 unspecified atom stereocenters. The van der Waals surface area contributed by atoms with E-state index < -0.39 is 6.10 Å². The smallest absolute Gasteiger partial charge is 0.137 e. The number of quaternary nitrogens is 1. The first kappa shape index (κ1) is 14.3. The highest BCUT2D eigenvalue weighted by Crippen LogP contribution is 2.25. The fraction of sp³-hybridized carbons (Fsp3) is 0.412. The Morgan fingerprint density at radius 1 is 1.10 bits per heavy atom. The van der Waals surface area contributed by atoms with E-state index >= 15 is 0 Å². The Balaban J connectivity index is 1.58. The molecule has 1 fully saturated rings. The molecule has 4 heteroatoms. The van der Waals surface area contributed by atoms with Crippen LogP contribution in [-0.4, -0.2) is 50.7 Å². The average Bonchev–Trinajstić information content (AvgIpc) is 2.54. The molecule has 0 radical (unpaired) electrons. The van der Waals surface area contributed by atoms with Crippen molar-refractivity contribution in [2.45, 2.75) is 6.10 Å². The molecular formula is C17H22NO3+. The summed E-state index contributed by atoms with van der Waals surface area (Å²) in [5, 5.41) is 12.4. The van der Waals surface area contributed by atoms with Crippen LogP contribution in [-0.2, 0) is 4.74 Å². The highest BCUT2D eigenvalue weighted by molar-refractivity contribution is 5.88. The Morgan fingerprint density at radius 2 is 1.86 bits per heavy atom. The number of benzene rings is 2. The third-order valence-electron chi connectivity index (χ3n) is 3.91. The maximum absolute atomic E-state index is 10.1. The molecular weight excluding hydrogens is 266 g/mol. The Morgan fingerprint density at radius 3 is 2.71 bits per heavy atom. The van der Waals surface area contributed by atoms with Crippen LogP contribution in [0.5, 0.6) is 5.75 Å². The number of morpholine rings is 1. The first-order valence-electron chi connectivity index (χ1n) is 7.53. The molecule has 2 aromatic carbocycles. The van der Waals surface area contributed by atoms with E-state index in [-0.39, 0.29) is 0 Å². The number of rotatable bonds is 5. The minimum Gasteiger partial charge on any atom is -0.490 e. The van der Waals surface area contributed by atoms with E-state index in [2.05, 4.69) is 12.1 Å². The van der Waals surface area contributed by atoms with Gasteiger partial charge in [-0.05, 0) is 11.5 Å². The summed E-state index contributed by atoms with van der Waals surface area (Å²) in [6.45, 7) is 4.54. The van der Waals surface area contributed by atoms with Crippen molar-refractivity contribution < 1.29 is 19.5 Å². The van der Waals surface area contributed by atoms with E-state index in [0.717, 1.165) is 42.8 Å². The van der Waals surface area contributed by atoms with Gasteiger partial charge in [-0.2, -0.15) is 0 Å². The average molecular weight is 288 g/mol. The number of ether oxygens (including phenoxy) is 2. The van der Waals surface area contributed by atoms with Crippen LogP contribution in [0, 0.1) is 0 Å². The molecule has 1 aliphatic rings. The summed E-state index contributed by atoms with van der Waals surface area (Å²) in [5.41, 5.74) is 0. The minimum absolute atomic E-state index is 0.332. The summed E-state index contributed by atoms with van der Waals surface area (Å²) in [4.78, 5) is 1.38. The molecule has 0 bridgehead atoms. The molecule has 112 valence electrons. The number of fused-ring (bicyclic) bond motifs is 1. The van der Waals surface area contributed by atoms with Crippen LogP contribution < -0.4 is 9.64 Å². The lowest BCUT2D eigenvalue weighted by atomic mass is 10.1. The summed E-state index contributed by atoms with van der Waals surface area (Å²) in [5.74, 6) is 0.837. The highest BCUT2D eigenvalue weighted by Gasteiger charge is 2.18. The van der Waals surface area contributed by atoms with Crippen molar-refractivity contribution in [3.63, 3.8) is 0 Å². The SMILES string of the molecule is O[C@@H](COc1cccc2ccccc12)C[NH+]1CCOCC1. The molecule has 2 N–H and O–H groups in total. The molecule has 21 heavy (non-hydrogen) atoms. The van der Waals surface area contributed by atoms with E-state index in [9.17, 15) is 5.11 Å². The second-order valence-corrected chi connectivity index (χ2v) is 5.51. The predicted octanol–water partition coefficient (Wildman–Crippen LogP) is 0.495. The van der Waals surface area contributed by atoms with Crippen molar-refractivity contribution in [1.29, 1.82) is 0 Å². The molecule has 0 saturated carbocycles. The monoisotopic (exact) mass is 288 g/mol. The van der Waals surface area contributed by atoms with Gasteiger partial charge in [0.1, 0.15) is 38.1 Å². The van der Waals surface area contributed by atoms with Gasteiger partial charge in [-0.15, -0.1) is 0 Å². The van der Waals surface area contributed by atoms with Crippen molar-refractivity contribution >= 4 is 10.8 Å². The second-order valence-electron chi connectivity index (χ2n) is 5.51. The zero-order valence-corrected chi connectivity index (χ0v) is 12.1. The molecule has 1 aliphatic heterocycles.